The Bertz CT molecular complexity index is 1000. The third kappa shape index (κ3) is 4.50. The number of amides is 1. The van der Waals surface area contributed by atoms with E-state index in [1.54, 1.807) is 35.6 Å². The minimum Gasteiger partial charge on any atom is -0.496 e. The van der Waals surface area contributed by atoms with Gasteiger partial charge >= 0.3 is 0 Å². The minimum absolute atomic E-state index is 0.173. The largest absolute Gasteiger partial charge is 0.496 e. The average Bonchev–Trinajstić information content (AvgIpc) is 3.09. The maximum Gasteiger partial charge on any atom is 0.261 e. The van der Waals surface area contributed by atoms with Crippen LogP contribution in [0.2, 0.25) is 0 Å². The van der Waals surface area contributed by atoms with Crippen LogP contribution >= 0.6 is 23.6 Å². The van der Waals surface area contributed by atoms with E-state index in [9.17, 15) is 10.1 Å². The van der Waals surface area contributed by atoms with Gasteiger partial charge in [-0.3, -0.25) is 10.1 Å². The Kier molecular flexibility index (Phi) is 6.79. The second kappa shape index (κ2) is 9.15. The Morgan fingerprint density at radius 2 is 2.13 bits per heavy atom. The van der Waals surface area contributed by atoms with Crippen molar-refractivity contribution >= 4 is 39.6 Å². The van der Waals surface area contributed by atoms with Crippen molar-refractivity contribution < 1.29 is 9.53 Å². The van der Waals surface area contributed by atoms with Crippen molar-refractivity contribution in [1.29, 1.82) is 5.26 Å². The third-order valence-electron chi connectivity index (χ3n) is 6.20. The van der Waals surface area contributed by atoms with Gasteiger partial charge in [-0.05, 0) is 60.5 Å². The molecule has 0 radical (unpaired) electrons. The van der Waals surface area contributed by atoms with E-state index < -0.39 is 0 Å². The summed E-state index contributed by atoms with van der Waals surface area (Å²) in [4.78, 5) is 13.8. The van der Waals surface area contributed by atoms with Crippen LogP contribution in [0.4, 0.5) is 5.00 Å². The summed E-state index contributed by atoms with van der Waals surface area (Å²) < 4.78 is 5.24. The molecule has 3 rings (SSSR count). The van der Waals surface area contributed by atoms with Gasteiger partial charge in [0.1, 0.15) is 16.8 Å². The molecule has 1 aromatic carbocycles. The van der Waals surface area contributed by atoms with Crippen molar-refractivity contribution in [2.45, 2.75) is 46.5 Å². The van der Waals surface area contributed by atoms with Gasteiger partial charge in [-0.1, -0.05) is 39.3 Å². The molecule has 1 amide bonds. The van der Waals surface area contributed by atoms with E-state index in [0.717, 1.165) is 31.2 Å². The fourth-order valence-electron chi connectivity index (χ4n) is 3.89. The zero-order valence-electron chi connectivity index (χ0n) is 17.8. The summed E-state index contributed by atoms with van der Waals surface area (Å²) in [5.74, 6) is 0.728. The Hall–Kier alpha value is -2.43. The number of nitriles is 1. The van der Waals surface area contributed by atoms with Gasteiger partial charge in [-0.2, -0.15) is 5.26 Å². The van der Waals surface area contributed by atoms with E-state index in [1.807, 2.05) is 0 Å². The zero-order chi connectivity index (χ0) is 21.9. The first-order valence-corrected chi connectivity index (χ1v) is 11.3. The van der Waals surface area contributed by atoms with Crippen LogP contribution < -0.4 is 15.4 Å². The molecule has 1 heterocycles. The SMILES string of the molecule is CCC(C)(C)C1CCc2c(sc(NC(=S)NC(=O)c3ccccc3OC)c2C#N)C1. The number of hydrogen-bond acceptors (Lipinski definition) is 5. The lowest BCUT2D eigenvalue weighted by Crippen LogP contribution is -2.34. The van der Waals surface area contributed by atoms with Crippen LogP contribution in [-0.2, 0) is 12.8 Å². The second-order valence-corrected chi connectivity index (χ2v) is 9.72. The fourth-order valence-corrected chi connectivity index (χ4v) is 5.43. The Morgan fingerprint density at radius 1 is 1.40 bits per heavy atom. The number of thiophene rings is 1. The first-order chi connectivity index (χ1) is 14.3. The first kappa shape index (κ1) is 22.3. The maximum absolute atomic E-state index is 12.6. The summed E-state index contributed by atoms with van der Waals surface area (Å²) in [5.41, 5.74) is 2.46. The molecule has 30 heavy (non-hydrogen) atoms. The van der Waals surface area contributed by atoms with Crippen molar-refractivity contribution in [3.8, 4) is 11.8 Å². The number of para-hydroxylation sites is 1. The van der Waals surface area contributed by atoms with Gasteiger partial charge < -0.3 is 10.1 Å². The van der Waals surface area contributed by atoms with Gasteiger partial charge in [0.25, 0.3) is 5.91 Å². The number of rotatable bonds is 5. The number of nitrogens with zero attached hydrogens (tertiary/aromatic N) is 1. The number of anilines is 1. The zero-order valence-corrected chi connectivity index (χ0v) is 19.4. The summed E-state index contributed by atoms with van der Waals surface area (Å²) >= 11 is 6.93. The molecule has 1 aliphatic rings. The van der Waals surface area contributed by atoms with Crippen molar-refractivity contribution in [3.05, 3.63) is 45.8 Å². The standard InChI is InChI=1S/C23H27N3O2S2/c1-5-23(2,3)14-10-11-15-17(13-24)21(30-19(15)12-14)26-22(29)25-20(27)16-8-6-7-9-18(16)28-4/h6-9,14H,5,10-12H2,1-4H3,(H2,25,26,27,29). The lowest BCUT2D eigenvalue weighted by atomic mass is 9.69. The predicted octanol–water partition coefficient (Wildman–Crippen LogP) is 5.30. The minimum atomic E-state index is -0.352. The molecule has 0 fully saturated rings. The van der Waals surface area contributed by atoms with Gasteiger partial charge in [0.15, 0.2) is 5.11 Å². The van der Waals surface area contributed by atoms with Crippen LogP contribution in [0.5, 0.6) is 5.75 Å². The van der Waals surface area contributed by atoms with Gasteiger partial charge in [0.2, 0.25) is 0 Å². The highest BCUT2D eigenvalue weighted by molar-refractivity contribution is 7.80. The summed E-state index contributed by atoms with van der Waals surface area (Å²) in [6.45, 7) is 6.88. The number of thiocarbonyl (C=S) groups is 1. The molecule has 0 saturated heterocycles. The maximum atomic E-state index is 12.6. The molecule has 5 nitrogen and oxygen atoms in total. The van der Waals surface area contributed by atoms with Crippen LogP contribution in [0, 0.1) is 22.7 Å². The molecular weight excluding hydrogens is 414 g/mol. The average molecular weight is 442 g/mol. The van der Waals surface area contributed by atoms with Crippen LogP contribution in [0.25, 0.3) is 0 Å². The number of hydrogen-bond donors (Lipinski definition) is 2. The monoisotopic (exact) mass is 441 g/mol. The van der Waals surface area contributed by atoms with Gasteiger partial charge in [0, 0.05) is 4.88 Å². The summed E-state index contributed by atoms with van der Waals surface area (Å²) in [6, 6.07) is 9.30. The van der Waals surface area contributed by atoms with Crippen LogP contribution in [0.3, 0.4) is 0 Å². The predicted molar refractivity (Wildman–Crippen MR) is 125 cm³/mol. The molecule has 7 heteroatoms. The normalized spacial score (nSPS) is 15.6. The molecular formula is C23H27N3O2S2. The number of nitrogens with one attached hydrogen (secondary N) is 2. The lowest BCUT2D eigenvalue weighted by Gasteiger charge is -2.36. The number of carbonyl (C=O) groups is 1. The highest BCUT2D eigenvalue weighted by Gasteiger charge is 2.34. The van der Waals surface area contributed by atoms with Crippen molar-refractivity contribution in [3.63, 3.8) is 0 Å². The Labute approximate surface area is 187 Å². The summed E-state index contributed by atoms with van der Waals surface area (Å²) in [5, 5.41) is 16.4. The molecule has 0 saturated carbocycles. The highest BCUT2D eigenvalue weighted by atomic mass is 32.1. The number of ether oxygens (including phenoxy) is 1. The second-order valence-electron chi connectivity index (χ2n) is 8.21. The Balaban J connectivity index is 1.75. The molecule has 0 aliphatic heterocycles. The van der Waals surface area contributed by atoms with Crippen molar-refractivity contribution in [2.75, 3.05) is 12.4 Å². The molecule has 1 unspecified atom stereocenters. The van der Waals surface area contributed by atoms with E-state index in [4.69, 9.17) is 17.0 Å². The quantitative estimate of drug-likeness (QED) is 0.616. The molecule has 2 aromatic rings. The van der Waals surface area contributed by atoms with Crippen molar-refractivity contribution in [1.82, 2.24) is 5.32 Å². The van der Waals surface area contributed by atoms with Gasteiger partial charge in [0.05, 0.1) is 18.2 Å². The summed E-state index contributed by atoms with van der Waals surface area (Å²) in [6.07, 6.45) is 4.11. The van der Waals surface area contributed by atoms with Crippen LogP contribution in [0.15, 0.2) is 24.3 Å². The fraction of sp³-hybridized carbons (Fsp3) is 0.435. The highest BCUT2D eigenvalue weighted by Crippen LogP contribution is 2.45. The molecule has 1 atom stereocenters. The summed E-state index contributed by atoms with van der Waals surface area (Å²) in [7, 11) is 1.52. The van der Waals surface area contributed by atoms with Crippen LogP contribution in [0.1, 0.15) is 60.0 Å². The van der Waals surface area contributed by atoms with E-state index in [2.05, 4.69) is 37.5 Å². The topological polar surface area (TPSA) is 74.2 Å². The molecule has 0 spiro atoms. The molecule has 0 bridgehead atoms. The van der Waals surface area contributed by atoms with E-state index in [0.29, 0.717) is 27.8 Å². The van der Waals surface area contributed by atoms with E-state index >= 15 is 0 Å². The molecule has 1 aliphatic carbocycles. The molecule has 2 N–H and O–H groups in total. The molecule has 158 valence electrons. The van der Waals surface area contributed by atoms with Crippen LogP contribution in [-0.4, -0.2) is 18.1 Å². The van der Waals surface area contributed by atoms with Crippen molar-refractivity contribution in [2.24, 2.45) is 11.3 Å². The third-order valence-corrected chi connectivity index (χ3v) is 7.57. The van der Waals surface area contributed by atoms with E-state index in [1.165, 1.54) is 12.0 Å². The lowest BCUT2D eigenvalue weighted by molar-refractivity contribution is 0.0975. The van der Waals surface area contributed by atoms with E-state index in [-0.39, 0.29) is 16.4 Å². The number of carbonyl (C=O) groups excluding carboxylic acids is 1. The van der Waals surface area contributed by atoms with Gasteiger partial charge in [-0.25, -0.2) is 0 Å². The Morgan fingerprint density at radius 3 is 2.80 bits per heavy atom. The van der Waals surface area contributed by atoms with Gasteiger partial charge in [-0.15, -0.1) is 11.3 Å². The number of benzene rings is 1. The first-order valence-electron chi connectivity index (χ1n) is 10.1. The smallest absolute Gasteiger partial charge is 0.261 e. The number of methoxy groups -OCH3 is 1. The number of fused-ring (bicyclic) bond motifs is 1. The molecule has 1 aromatic heterocycles.